The monoisotopic (exact) mass is 424 g/mol. The minimum atomic E-state index is -6.59. The minimum Gasteiger partial charge on any atom is -0.328 e. The van der Waals surface area contributed by atoms with Crippen molar-refractivity contribution >= 4 is 0 Å². The van der Waals surface area contributed by atoms with Gasteiger partial charge in [0.25, 0.3) is 0 Å². The second-order valence-electron chi connectivity index (χ2n) is 4.27. The molecule has 0 aliphatic rings. The molecule has 0 rings (SSSR count). The molecule has 26 heavy (non-hydrogen) atoms. The first kappa shape index (κ1) is 24.7. The van der Waals surface area contributed by atoms with Gasteiger partial charge in [0.1, 0.15) is 0 Å². The fourth-order valence-electron chi connectivity index (χ4n) is 1.11. The summed E-state index contributed by atoms with van der Waals surface area (Å²) in [5, 5.41) is 0. The van der Waals surface area contributed by atoms with Crippen molar-refractivity contribution in [3.05, 3.63) is 12.2 Å². The summed E-state index contributed by atoms with van der Waals surface area (Å²) in [6.07, 6.45) is -26.4. The van der Waals surface area contributed by atoms with Crippen LogP contribution in [0.2, 0.25) is 0 Å². The lowest BCUT2D eigenvalue weighted by atomic mass is 10.3. The first-order chi connectivity index (χ1) is 11.2. The molecule has 16 heteroatoms. The van der Waals surface area contributed by atoms with Crippen LogP contribution in [0, 0.1) is 0 Å². The van der Waals surface area contributed by atoms with E-state index < -0.39 is 49.6 Å². The first-order valence-corrected chi connectivity index (χ1v) is 5.78. The Kier molecular flexibility index (Phi) is 6.99. The zero-order chi connectivity index (χ0) is 21.2. The summed E-state index contributed by atoms with van der Waals surface area (Å²) in [6.45, 7) is -3.79. The Bertz CT molecular complexity index is 410. The van der Waals surface area contributed by atoms with Crippen molar-refractivity contribution < 1.29 is 70.9 Å². The Labute approximate surface area is 134 Å². The normalized spacial score (nSPS) is 15.8. The van der Waals surface area contributed by atoms with Crippen molar-refractivity contribution in [1.29, 1.82) is 0 Å². The Hall–Kier alpha value is -1.32. The molecule has 0 aromatic rings. The van der Waals surface area contributed by atoms with E-state index in [1.54, 1.807) is 0 Å². The molecule has 0 saturated carbocycles. The summed E-state index contributed by atoms with van der Waals surface area (Å²) in [5.74, 6) is -12.3. The second-order valence-corrected chi connectivity index (χ2v) is 4.27. The number of rotatable bonds is 6. The predicted molar refractivity (Wildman–Crippen MR) is 52.9 cm³/mol. The summed E-state index contributed by atoms with van der Waals surface area (Å²) in [7, 11) is 0. The van der Waals surface area contributed by atoms with E-state index in [2.05, 4.69) is 9.47 Å². The summed E-state index contributed by atoms with van der Waals surface area (Å²) in [5.41, 5.74) is 0. The van der Waals surface area contributed by atoms with Crippen molar-refractivity contribution in [2.45, 2.75) is 36.4 Å². The molecule has 0 N–H and O–H groups in total. The standard InChI is InChI=1S/C10H6F14O2/c11-5(7(13,14)15,8(16,17)18)25-3-1-2-4-26-6(12,9(19,20)21)10(22,23)24/h1-2H,3-4H2. The van der Waals surface area contributed by atoms with Crippen LogP contribution in [0.1, 0.15) is 0 Å². The molecule has 0 heterocycles. The molecular weight excluding hydrogens is 418 g/mol. The van der Waals surface area contributed by atoms with Crippen molar-refractivity contribution in [3.63, 3.8) is 0 Å². The molecular formula is C10H6F14O2. The van der Waals surface area contributed by atoms with Gasteiger partial charge in [0.15, 0.2) is 0 Å². The van der Waals surface area contributed by atoms with Gasteiger partial charge in [-0.2, -0.15) is 61.5 Å². The van der Waals surface area contributed by atoms with Crippen LogP contribution in [0.5, 0.6) is 0 Å². The molecule has 0 atom stereocenters. The fraction of sp³-hybridized carbons (Fsp3) is 0.800. The highest BCUT2D eigenvalue weighted by Crippen LogP contribution is 2.48. The number of ether oxygens (including phenoxy) is 2. The lowest BCUT2D eigenvalue weighted by Crippen LogP contribution is -2.55. The fourth-order valence-corrected chi connectivity index (χ4v) is 1.11. The van der Waals surface area contributed by atoms with Gasteiger partial charge in [-0.3, -0.25) is 0 Å². The zero-order valence-electron chi connectivity index (χ0n) is 11.7. The minimum absolute atomic E-state index is 0.0427. The Morgan fingerprint density at radius 1 is 0.423 bits per heavy atom. The molecule has 0 aromatic carbocycles. The van der Waals surface area contributed by atoms with Crippen LogP contribution in [0.4, 0.5) is 61.5 Å². The number of halogens is 14. The third-order valence-corrected chi connectivity index (χ3v) is 2.38. The van der Waals surface area contributed by atoms with E-state index in [9.17, 15) is 61.5 Å². The maximum atomic E-state index is 12.9. The van der Waals surface area contributed by atoms with Gasteiger partial charge in [-0.15, -0.1) is 0 Å². The van der Waals surface area contributed by atoms with Crippen molar-refractivity contribution in [2.24, 2.45) is 0 Å². The summed E-state index contributed by atoms with van der Waals surface area (Å²) in [6, 6.07) is 0. The van der Waals surface area contributed by atoms with Gasteiger partial charge in [-0.25, -0.2) is 0 Å². The van der Waals surface area contributed by atoms with E-state index in [4.69, 9.17) is 0 Å². The lowest BCUT2D eigenvalue weighted by Gasteiger charge is -2.29. The SMILES string of the molecule is FC(F)(F)C(F)(OCC=CCOC(F)(C(F)(F)F)C(F)(F)F)C(F)(F)F. The van der Waals surface area contributed by atoms with E-state index in [0.717, 1.165) is 0 Å². The van der Waals surface area contributed by atoms with Gasteiger partial charge in [0.05, 0.1) is 13.2 Å². The third-order valence-electron chi connectivity index (χ3n) is 2.38. The number of alkyl halides is 14. The topological polar surface area (TPSA) is 18.5 Å². The van der Waals surface area contributed by atoms with E-state index in [1.165, 1.54) is 0 Å². The smallest absolute Gasteiger partial charge is 0.328 e. The Morgan fingerprint density at radius 3 is 0.769 bits per heavy atom. The second kappa shape index (κ2) is 7.36. The Morgan fingerprint density at radius 2 is 0.615 bits per heavy atom. The van der Waals surface area contributed by atoms with Crippen LogP contribution in [-0.4, -0.2) is 49.6 Å². The van der Waals surface area contributed by atoms with E-state index in [-0.39, 0.29) is 12.2 Å². The van der Waals surface area contributed by atoms with E-state index >= 15 is 0 Å². The quantitative estimate of drug-likeness (QED) is 0.434. The molecule has 0 saturated heterocycles. The van der Waals surface area contributed by atoms with Crippen LogP contribution in [0.15, 0.2) is 12.2 Å². The summed E-state index contributed by atoms with van der Waals surface area (Å²) in [4.78, 5) is 0. The van der Waals surface area contributed by atoms with Crippen molar-refractivity contribution in [2.75, 3.05) is 13.2 Å². The molecule has 0 radical (unpaired) electrons. The first-order valence-electron chi connectivity index (χ1n) is 5.78. The van der Waals surface area contributed by atoms with Crippen LogP contribution >= 0.6 is 0 Å². The molecule has 156 valence electrons. The molecule has 0 spiro atoms. The molecule has 0 aliphatic heterocycles. The highest BCUT2D eigenvalue weighted by Gasteiger charge is 2.75. The Balaban J connectivity index is 4.94. The average Bonchev–Trinajstić information content (AvgIpc) is 2.36. The summed E-state index contributed by atoms with van der Waals surface area (Å²) >= 11 is 0. The molecule has 2 nitrogen and oxygen atoms in total. The molecule has 0 amide bonds. The van der Waals surface area contributed by atoms with Gasteiger partial charge >= 0.3 is 36.4 Å². The van der Waals surface area contributed by atoms with Crippen LogP contribution in [-0.2, 0) is 9.47 Å². The maximum absolute atomic E-state index is 12.9. The van der Waals surface area contributed by atoms with Crippen LogP contribution in [0.25, 0.3) is 0 Å². The molecule has 0 aromatic heterocycles. The number of hydrogen-bond acceptors (Lipinski definition) is 2. The van der Waals surface area contributed by atoms with Gasteiger partial charge < -0.3 is 9.47 Å². The third kappa shape index (κ3) is 5.11. The predicted octanol–water partition coefficient (Wildman–Crippen LogP) is 5.16. The molecule has 0 fully saturated rings. The van der Waals surface area contributed by atoms with Crippen LogP contribution in [0.3, 0.4) is 0 Å². The van der Waals surface area contributed by atoms with Crippen molar-refractivity contribution in [3.8, 4) is 0 Å². The maximum Gasteiger partial charge on any atom is 0.458 e. The van der Waals surface area contributed by atoms with Gasteiger partial charge in [-0.1, -0.05) is 12.2 Å². The highest BCUT2D eigenvalue weighted by atomic mass is 19.4. The zero-order valence-corrected chi connectivity index (χ0v) is 11.7. The largest absolute Gasteiger partial charge is 0.458 e. The van der Waals surface area contributed by atoms with Gasteiger partial charge in [0, 0.05) is 0 Å². The average molecular weight is 424 g/mol. The van der Waals surface area contributed by atoms with Crippen molar-refractivity contribution in [1.82, 2.24) is 0 Å². The van der Waals surface area contributed by atoms with Crippen LogP contribution < -0.4 is 0 Å². The summed E-state index contributed by atoms with van der Waals surface area (Å²) < 4.78 is 176. The van der Waals surface area contributed by atoms with E-state index in [1.807, 2.05) is 0 Å². The number of hydrogen-bond donors (Lipinski definition) is 0. The highest BCUT2D eigenvalue weighted by molar-refractivity contribution is 4.91. The lowest BCUT2D eigenvalue weighted by molar-refractivity contribution is -0.428. The molecule has 0 aliphatic carbocycles. The molecule has 0 bridgehead atoms. The molecule has 0 unspecified atom stereocenters. The van der Waals surface area contributed by atoms with Gasteiger partial charge in [0.2, 0.25) is 0 Å². The van der Waals surface area contributed by atoms with Gasteiger partial charge in [-0.05, 0) is 0 Å². The van der Waals surface area contributed by atoms with E-state index in [0.29, 0.717) is 0 Å².